The molecule has 1 amide bonds. The van der Waals surface area contributed by atoms with Crippen LogP contribution >= 0.6 is 11.8 Å². The molecule has 1 heterocycles. The van der Waals surface area contributed by atoms with Crippen molar-refractivity contribution in [3.8, 4) is 6.07 Å². The Kier molecular flexibility index (Phi) is 5.23. The lowest BCUT2D eigenvalue weighted by Crippen LogP contribution is -2.48. The standard InChI is InChI=1S/C15H16N2O3S/c16-8-10-21-13-7-2-1-5-11(13)14(18)17-9-4-3-6-12(17)15(19)20/h1-2,5,7,12H,3-4,6,9-10H2,(H,19,20)/t12-/m1/s1. The number of nitriles is 1. The molecule has 0 radical (unpaired) electrons. The summed E-state index contributed by atoms with van der Waals surface area (Å²) in [4.78, 5) is 26.1. The quantitative estimate of drug-likeness (QED) is 0.864. The maximum absolute atomic E-state index is 12.7. The maximum atomic E-state index is 12.7. The van der Waals surface area contributed by atoms with E-state index < -0.39 is 12.0 Å². The van der Waals surface area contributed by atoms with Crippen molar-refractivity contribution in [2.24, 2.45) is 0 Å². The van der Waals surface area contributed by atoms with Crippen LogP contribution in [-0.2, 0) is 4.79 Å². The van der Waals surface area contributed by atoms with E-state index in [0.29, 0.717) is 18.5 Å². The predicted molar refractivity (Wildman–Crippen MR) is 79.1 cm³/mol. The molecule has 2 rings (SSSR count). The Hall–Kier alpha value is -2.00. The number of thioether (sulfide) groups is 1. The Morgan fingerprint density at radius 3 is 2.86 bits per heavy atom. The molecule has 0 aromatic heterocycles. The van der Waals surface area contributed by atoms with Gasteiger partial charge in [0.05, 0.1) is 17.4 Å². The minimum absolute atomic E-state index is 0.257. The second kappa shape index (κ2) is 7.14. The van der Waals surface area contributed by atoms with Gasteiger partial charge in [0.15, 0.2) is 0 Å². The molecule has 21 heavy (non-hydrogen) atoms. The van der Waals surface area contributed by atoms with E-state index in [9.17, 15) is 14.7 Å². The van der Waals surface area contributed by atoms with Crippen LogP contribution in [0.3, 0.4) is 0 Å². The fourth-order valence-corrected chi connectivity index (χ4v) is 3.17. The van der Waals surface area contributed by atoms with Crippen molar-refractivity contribution >= 4 is 23.6 Å². The third kappa shape index (κ3) is 3.56. The van der Waals surface area contributed by atoms with Crippen molar-refractivity contribution < 1.29 is 14.7 Å². The average Bonchev–Trinajstić information content (AvgIpc) is 2.52. The Balaban J connectivity index is 2.26. The van der Waals surface area contributed by atoms with Crippen LogP contribution in [0.5, 0.6) is 0 Å². The molecule has 0 aliphatic carbocycles. The first-order valence-corrected chi connectivity index (χ1v) is 7.76. The molecule has 1 aromatic carbocycles. The molecule has 5 nitrogen and oxygen atoms in total. The van der Waals surface area contributed by atoms with Crippen LogP contribution in [0.2, 0.25) is 0 Å². The largest absolute Gasteiger partial charge is 0.480 e. The summed E-state index contributed by atoms with van der Waals surface area (Å²) in [5.74, 6) is -0.958. The van der Waals surface area contributed by atoms with Gasteiger partial charge in [0.25, 0.3) is 5.91 Å². The highest BCUT2D eigenvalue weighted by atomic mass is 32.2. The number of hydrogen-bond acceptors (Lipinski definition) is 4. The van der Waals surface area contributed by atoms with Gasteiger partial charge in [-0.15, -0.1) is 11.8 Å². The van der Waals surface area contributed by atoms with Gasteiger partial charge < -0.3 is 10.0 Å². The molecule has 1 aromatic rings. The summed E-state index contributed by atoms with van der Waals surface area (Å²) in [6.07, 6.45) is 2.14. The summed E-state index contributed by atoms with van der Waals surface area (Å²) >= 11 is 1.29. The molecule has 0 bridgehead atoms. The van der Waals surface area contributed by atoms with Crippen molar-refractivity contribution in [3.63, 3.8) is 0 Å². The number of nitrogens with zero attached hydrogens (tertiary/aromatic N) is 2. The third-order valence-electron chi connectivity index (χ3n) is 3.46. The van der Waals surface area contributed by atoms with Crippen molar-refractivity contribution in [1.29, 1.82) is 5.26 Å². The highest BCUT2D eigenvalue weighted by Crippen LogP contribution is 2.26. The first kappa shape index (κ1) is 15.4. The number of carboxylic acids is 1. The maximum Gasteiger partial charge on any atom is 0.326 e. The highest BCUT2D eigenvalue weighted by molar-refractivity contribution is 7.99. The van der Waals surface area contributed by atoms with Gasteiger partial charge in [-0.2, -0.15) is 5.26 Å². The number of piperidine rings is 1. The number of carboxylic acid groups (broad SMARTS) is 1. The van der Waals surface area contributed by atoms with E-state index in [1.54, 1.807) is 24.3 Å². The van der Waals surface area contributed by atoms with Crippen LogP contribution in [0.4, 0.5) is 0 Å². The number of carbonyl (C=O) groups excluding carboxylic acids is 1. The zero-order valence-corrected chi connectivity index (χ0v) is 12.3. The molecule has 110 valence electrons. The van der Waals surface area contributed by atoms with E-state index in [4.69, 9.17) is 5.26 Å². The topological polar surface area (TPSA) is 81.4 Å². The van der Waals surface area contributed by atoms with Gasteiger partial charge in [0.1, 0.15) is 6.04 Å². The van der Waals surface area contributed by atoms with Crippen molar-refractivity contribution in [2.75, 3.05) is 12.3 Å². The minimum atomic E-state index is -0.954. The second-order valence-electron chi connectivity index (χ2n) is 4.79. The Labute approximate surface area is 127 Å². The SMILES string of the molecule is N#CCSc1ccccc1C(=O)N1CCCC[C@@H]1C(=O)O. The lowest BCUT2D eigenvalue weighted by molar-refractivity contribution is -0.143. The van der Waals surface area contributed by atoms with Gasteiger partial charge >= 0.3 is 5.97 Å². The van der Waals surface area contributed by atoms with Crippen LogP contribution in [0, 0.1) is 11.3 Å². The van der Waals surface area contributed by atoms with Crippen molar-refractivity contribution in [2.45, 2.75) is 30.2 Å². The second-order valence-corrected chi connectivity index (χ2v) is 5.81. The molecule has 0 saturated carbocycles. The van der Waals surface area contributed by atoms with E-state index in [1.165, 1.54) is 16.7 Å². The monoisotopic (exact) mass is 304 g/mol. The third-order valence-corrected chi connectivity index (χ3v) is 4.40. The number of rotatable bonds is 4. The summed E-state index contributed by atoms with van der Waals surface area (Å²) in [5, 5.41) is 17.9. The van der Waals surface area contributed by atoms with Gasteiger partial charge in [0, 0.05) is 11.4 Å². The van der Waals surface area contributed by atoms with Crippen LogP contribution in [0.25, 0.3) is 0 Å². The normalized spacial score (nSPS) is 18.0. The van der Waals surface area contributed by atoms with E-state index in [1.807, 2.05) is 6.07 Å². The number of hydrogen-bond donors (Lipinski definition) is 1. The lowest BCUT2D eigenvalue weighted by Gasteiger charge is -2.33. The average molecular weight is 304 g/mol. The number of carbonyl (C=O) groups is 2. The Morgan fingerprint density at radius 2 is 2.14 bits per heavy atom. The van der Waals surface area contributed by atoms with E-state index in [2.05, 4.69) is 0 Å². The summed E-state index contributed by atoms with van der Waals surface area (Å²) in [6, 6.07) is 8.32. The molecule has 1 N–H and O–H groups in total. The molecule has 0 unspecified atom stereocenters. The zero-order chi connectivity index (χ0) is 15.2. The molecule has 0 spiro atoms. The smallest absolute Gasteiger partial charge is 0.326 e. The first-order chi connectivity index (χ1) is 10.1. The van der Waals surface area contributed by atoms with Gasteiger partial charge in [-0.05, 0) is 31.4 Å². The van der Waals surface area contributed by atoms with Crippen LogP contribution in [0.1, 0.15) is 29.6 Å². The zero-order valence-electron chi connectivity index (χ0n) is 11.5. The van der Waals surface area contributed by atoms with E-state index in [-0.39, 0.29) is 11.7 Å². The molecular weight excluding hydrogens is 288 g/mol. The first-order valence-electron chi connectivity index (χ1n) is 6.77. The summed E-state index contributed by atoms with van der Waals surface area (Å²) < 4.78 is 0. The number of likely N-dealkylation sites (tertiary alicyclic amines) is 1. The fourth-order valence-electron chi connectivity index (χ4n) is 2.47. The summed E-state index contributed by atoms with van der Waals surface area (Å²) in [5.41, 5.74) is 0.478. The molecule has 1 aliphatic rings. The molecule has 1 atom stereocenters. The highest BCUT2D eigenvalue weighted by Gasteiger charge is 2.33. The Morgan fingerprint density at radius 1 is 1.38 bits per heavy atom. The van der Waals surface area contributed by atoms with Gasteiger partial charge in [-0.3, -0.25) is 4.79 Å². The van der Waals surface area contributed by atoms with Crippen molar-refractivity contribution in [1.82, 2.24) is 4.90 Å². The summed E-state index contributed by atoms with van der Waals surface area (Å²) in [7, 11) is 0. The molecule has 1 fully saturated rings. The van der Waals surface area contributed by atoms with Crippen molar-refractivity contribution in [3.05, 3.63) is 29.8 Å². The van der Waals surface area contributed by atoms with Gasteiger partial charge in [-0.25, -0.2) is 4.79 Å². The molecule has 1 saturated heterocycles. The molecule has 6 heteroatoms. The lowest BCUT2D eigenvalue weighted by atomic mass is 10.0. The Bertz CT molecular complexity index is 583. The van der Waals surface area contributed by atoms with Crippen LogP contribution in [0.15, 0.2) is 29.2 Å². The van der Waals surface area contributed by atoms with Gasteiger partial charge in [-0.1, -0.05) is 12.1 Å². The van der Waals surface area contributed by atoms with E-state index in [0.717, 1.165) is 17.7 Å². The van der Waals surface area contributed by atoms with Crippen LogP contribution in [-0.4, -0.2) is 40.2 Å². The van der Waals surface area contributed by atoms with E-state index >= 15 is 0 Å². The predicted octanol–water partition coefficient (Wildman–Crippen LogP) is 2.38. The van der Waals surface area contributed by atoms with Crippen LogP contribution < -0.4 is 0 Å². The number of aliphatic carboxylic acids is 1. The molecule has 1 aliphatic heterocycles. The van der Waals surface area contributed by atoms with Gasteiger partial charge in [0.2, 0.25) is 0 Å². The number of amides is 1. The molecular formula is C15H16N2O3S. The fraction of sp³-hybridized carbons (Fsp3) is 0.400. The number of benzene rings is 1. The summed E-state index contributed by atoms with van der Waals surface area (Å²) in [6.45, 7) is 0.465. The minimum Gasteiger partial charge on any atom is -0.480 e.